The minimum Gasteiger partial charge on any atom is -0.493 e. The number of fused-ring (bicyclic) bond motifs is 3. The van der Waals surface area contributed by atoms with Crippen molar-refractivity contribution in [3.05, 3.63) is 72.3 Å². The average molecular weight is 404 g/mol. The standard InChI is InChI=1S/C26H29NO3/c1-19-10-4-7-15-24(19)29-17-8-2-3-11-20(28)18-30-25-16-9-14-23-26(25)21-12-5-6-13-22(21)27-23/h4-7,9-10,12-16,20,27-28H,2-3,8,11,17-18H2,1H3. The van der Waals surface area contributed by atoms with E-state index in [-0.39, 0.29) is 0 Å². The summed E-state index contributed by atoms with van der Waals surface area (Å²) in [6, 6.07) is 22.3. The van der Waals surface area contributed by atoms with Crippen LogP contribution in [-0.4, -0.2) is 29.4 Å². The topological polar surface area (TPSA) is 54.5 Å². The van der Waals surface area contributed by atoms with Gasteiger partial charge in [0.2, 0.25) is 0 Å². The fraction of sp³-hybridized carbons (Fsp3) is 0.308. The summed E-state index contributed by atoms with van der Waals surface area (Å²) in [5.41, 5.74) is 3.31. The number of unbranched alkanes of at least 4 members (excludes halogenated alkanes) is 2. The van der Waals surface area contributed by atoms with Crippen LogP contribution in [0.4, 0.5) is 0 Å². The van der Waals surface area contributed by atoms with E-state index in [0.29, 0.717) is 13.2 Å². The van der Waals surface area contributed by atoms with Crippen molar-refractivity contribution in [3.63, 3.8) is 0 Å². The molecule has 3 aromatic carbocycles. The van der Waals surface area contributed by atoms with Gasteiger partial charge in [0.25, 0.3) is 0 Å². The number of ether oxygens (including phenoxy) is 2. The molecule has 0 saturated heterocycles. The van der Waals surface area contributed by atoms with Gasteiger partial charge in [-0.25, -0.2) is 0 Å². The zero-order chi connectivity index (χ0) is 20.8. The number of aromatic nitrogens is 1. The third-order valence-electron chi connectivity index (χ3n) is 5.46. The van der Waals surface area contributed by atoms with Crippen molar-refractivity contribution >= 4 is 21.8 Å². The Labute approximate surface area is 177 Å². The van der Waals surface area contributed by atoms with Gasteiger partial charge in [-0.05, 0) is 56.0 Å². The van der Waals surface area contributed by atoms with Crippen LogP contribution < -0.4 is 9.47 Å². The van der Waals surface area contributed by atoms with E-state index >= 15 is 0 Å². The molecule has 1 atom stereocenters. The highest BCUT2D eigenvalue weighted by atomic mass is 16.5. The van der Waals surface area contributed by atoms with Crippen LogP contribution in [0.2, 0.25) is 0 Å². The third kappa shape index (κ3) is 4.77. The van der Waals surface area contributed by atoms with Crippen molar-refractivity contribution in [1.82, 2.24) is 4.98 Å². The first kappa shape index (κ1) is 20.3. The Morgan fingerprint density at radius 3 is 2.47 bits per heavy atom. The van der Waals surface area contributed by atoms with Crippen molar-refractivity contribution in [3.8, 4) is 11.5 Å². The van der Waals surface area contributed by atoms with Gasteiger partial charge < -0.3 is 19.6 Å². The van der Waals surface area contributed by atoms with Crippen LogP contribution in [0.15, 0.2) is 66.7 Å². The fourth-order valence-corrected chi connectivity index (χ4v) is 3.82. The molecule has 4 aromatic rings. The summed E-state index contributed by atoms with van der Waals surface area (Å²) in [6.45, 7) is 3.07. The highest BCUT2D eigenvalue weighted by Gasteiger charge is 2.11. The Bertz CT molecular complexity index is 1100. The van der Waals surface area contributed by atoms with Gasteiger partial charge in [-0.15, -0.1) is 0 Å². The zero-order valence-corrected chi connectivity index (χ0v) is 17.4. The van der Waals surface area contributed by atoms with Crippen molar-refractivity contribution < 1.29 is 14.6 Å². The molecule has 30 heavy (non-hydrogen) atoms. The van der Waals surface area contributed by atoms with E-state index in [0.717, 1.165) is 64.6 Å². The van der Waals surface area contributed by atoms with Crippen molar-refractivity contribution in [1.29, 1.82) is 0 Å². The lowest BCUT2D eigenvalue weighted by atomic mass is 10.1. The normalized spacial score (nSPS) is 12.3. The molecule has 0 aliphatic rings. The Hall–Kier alpha value is -2.98. The Morgan fingerprint density at radius 1 is 0.800 bits per heavy atom. The summed E-state index contributed by atoms with van der Waals surface area (Å²) in [5.74, 6) is 1.77. The maximum absolute atomic E-state index is 10.4. The molecule has 0 amide bonds. The number of nitrogens with one attached hydrogen (secondary N) is 1. The van der Waals surface area contributed by atoms with E-state index in [1.54, 1.807) is 0 Å². The Kier molecular flexibility index (Phi) is 6.55. The molecule has 0 radical (unpaired) electrons. The van der Waals surface area contributed by atoms with Gasteiger partial charge in [0.15, 0.2) is 0 Å². The molecular weight excluding hydrogens is 374 g/mol. The van der Waals surface area contributed by atoms with Crippen LogP contribution in [0.3, 0.4) is 0 Å². The predicted molar refractivity (Wildman–Crippen MR) is 122 cm³/mol. The summed E-state index contributed by atoms with van der Waals surface area (Å²) in [5, 5.41) is 12.6. The van der Waals surface area contributed by atoms with Crippen molar-refractivity contribution in [2.75, 3.05) is 13.2 Å². The van der Waals surface area contributed by atoms with E-state index in [2.05, 4.69) is 36.2 Å². The number of H-pyrrole nitrogens is 1. The third-order valence-corrected chi connectivity index (χ3v) is 5.46. The maximum Gasteiger partial charge on any atom is 0.129 e. The van der Waals surface area contributed by atoms with Crippen LogP contribution in [0.5, 0.6) is 11.5 Å². The molecule has 1 unspecified atom stereocenters. The number of aromatic amines is 1. The second kappa shape index (κ2) is 9.68. The van der Waals surface area contributed by atoms with Gasteiger partial charge in [0.05, 0.1) is 18.2 Å². The lowest BCUT2D eigenvalue weighted by Crippen LogP contribution is -2.17. The summed E-state index contributed by atoms with van der Waals surface area (Å²) < 4.78 is 11.8. The molecular formula is C26H29NO3. The predicted octanol–water partition coefficient (Wildman–Crippen LogP) is 6.01. The number of aliphatic hydroxyl groups excluding tert-OH is 1. The molecule has 1 aromatic heterocycles. The number of rotatable bonds is 10. The SMILES string of the molecule is Cc1ccccc1OCCCCCC(O)COc1cccc2[nH]c3ccccc3c12. The number of para-hydroxylation sites is 2. The largest absolute Gasteiger partial charge is 0.493 e. The number of benzene rings is 3. The van der Waals surface area contributed by atoms with Gasteiger partial charge in [-0.2, -0.15) is 0 Å². The first-order valence-electron chi connectivity index (χ1n) is 10.7. The average Bonchev–Trinajstić information content (AvgIpc) is 3.15. The number of hydrogen-bond donors (Lipinski definition) is 2. The Balaban J connectivity index is 1.22. The number of aryl methyl sites for hydroxylation is 1. The second-order valence-corrected chi connectivity index (χ2v) is 7.78. The second-order valence-electron chi connectivity index (χ2n) is 7.78. The smallest absolute Gasteiger partial charge is 0.129 e. The molecule has 4 nitrogen and oxygen atoms in total. The molecule has 156 valence electrons. The molecule has 0 bridgehead atoms. The van der Waals surface area contributed by atoms with Crippen LogP contribution in [0, 0.1) is 6.92 Å². The van der Waals surface area contributed by atoms with E-state index in [1.807, 2.05) is 42.5 Å². The van der Waals surface area contributed by atoms with Gasteiger partial charge in [0.1, 0.15) is 18.1 Å². The summed E-state index contributed by atoms with van der Waals surface area (Å²) in [4.78, 5) is 3.42. The quantitative estimate of drug-likeness (QED) is 0.319. The van der Waals surface area contributed by atoms with Crippen LogP contribution in [0.1, 0.15) is 31.2 Å². The number of aliphatic hydroxyl groups is 1. The van der Waals surface area contributed by atoms with E-state index < -0.39 is 6.10 Å². The fourth-order valence-electron chi connectivity index (χ4n) is 3.82. The minimum atomic E-state index is -0.470. The monoisotopic (exact) mass is 403 g/mol. The minimum absolute atomic E-state index is 0.304. The molecule has 0 aliphatic heterocycles. The van der Waals surface area contributed by atoms with Gasteiger partial charge in [-0.3, -0.25) is 0 Å². The lowest BCUT2D eigenvalue weighted by molar-refractivity contribution is 0.0979. The summed E-state index contributed by atoms with van der Waals surface area (Å²) >= 11 is 0. The molecule has 1 heterocycles. The van der Waals surface area contributed by atoms with Gasteiger partial charge >= 0.3 is 0 Å². The van der Waals surface area contributed by atoms with Crippen LogP contribution in [-0.2, 0) is 0 Å². The van der Waals surface area contributed by atoms with E-state index in [1.165, 1.54) is 0 Å². The molecule has 0 fully saturated rings. The van der Waals surface area contributed by atoms with Crippen molar-refractivity contribution in [2.24, 2.45) is 0 Å². The summed E-state index contributed by atoms with van der Waals surface area (Å²) in [7, 11) is 0. The molecule has 0 aliphatic carbocycles. The first-order valence-corrected chi connectivity index (χ1v) is 10.7. The van der Waals surface area contributed by atoms with Crippen LogP contribution >= 0.6 is 0 Å². The molecule has 0 saturated carbocycles. The lowest BCUT2D eigenvalue weighted by Gasteiger charge is -2.13. The molecule has 2 N–H and O–H groups in total. The zero-order valence-electron chi connectivity index (χ0n) is 17.4. The number of hydrogen-bond acceptors (Lipinski definition) is 3. The highest BCUT2D eigenvalue weighted by Crippen LogP contribution is 2.33. The molecule has 4 heteroatoms. The van der Waals surface area contributed by atoms with E-state index in [9.17, 15) is 5.11 Å². The van der Waals surface area contributed by atoms with Crippen molar-refractivity contribution in [2.45, 2.75) is 38.7 Å². The van der Waals surface area contributed by atoms with Crippen LogP contribution in [0.25, 0.3) is 21.8 Å². The molecule has 4 rings (SSSR count). The van der Waals surface area contributed by atoms with Gasteiger partial charge in [-0.1, -0.05) is 48.9 Å². The van der Waals surface area contributed by atoms with E-state index in [4.69, 9.17) is 9.47 Å². The van der Waals surface area contributed by atoms with Gasteiger partial charge in [0, 0.05) is 16.3 Å². The first-order chi connectivity index (χ1) is 14.7. The molecule has 0 spiro atoms. The Morgan fingerprint density at radius 2 is 1.57 bits per heavy atom. The highest BCUT2D eigenvalue weighted by molar-refractivity contribution is 6.10. The maximum atomic E-state index is 10.4. The summed E-state index contributed by atoms with van der Waals surface area (Å²) in [6.07, 6.45) is 3.23.